The maximum atomic E-state index is 13.2. The first-order valence-electron chi connectivity index (χ1n) is 10.7. The number of nitriles is 1. The number of nitrogens with two attached hydrogens (primary N) is 1. The number of amides is 1. The van der Waals surface area contributed by atoms with E-state index in [0.29, 0.717) is 48.9 Å². The van der Waals surface area contributed by atoms with Crippen LogP contribution in [0.3, 0.4) is 0 Å². The van der Waals surface area contributed by atoms with Crippen LogP contribution in [0.4, 0.5) is 10.2 Å². The normalized spacial score (nSPS) is 10.7. The molecular weight excluding hydrogens is 437 g/mol. The molecule has 0 atom stereocenters. The number of nitrogens with zero attached hydrogens (tertiary/aromatic N) is 5. The van der Waals surface area contributed by atoms with Gasteiger partial charge < -0.3 is 15.6 Å². The van der Waals surface area contributed by atoms with Crippen LogP contribution in [0.5, 0.6) is 0 Å². The van der Waals surface area contributed by atoms with Crippen LogP contribution in [0.15, 0.2) is 59.1 Å². The predicted octanol–water partition coefficient (Wildman–Crippen LogP) is 3.20. The molecule has 3 N–H and O–H groups in total. The molecule has 0 saturated carbocycles. The summed E-state index contributed by atoms with van der Waals surface area (Å²) >= 11 is 0. The zero-order chi connectivity index (χ0) is 23.9. The highest BCUT2D eigenvalue weighted by atomic mass is 19.1. The zero-order valence-electron chi connectivity index (χ0n) is 18.2. The first-order chi connectivity index (χ1) is 16.5. The predicted molar refractivity (Wildman–Crippen MR) is 122 cm³/mol. The maximum Gasteiger partial charge on any atom is 0.227 e. The topological polar surface area (TPSA) is 136 Å². The van der Waals surface area contributed by atoms with Crippen molar-refractivity contribution in [3.63, 3.8) is 0 Å². The molecule has 0 saturated heterocycles. The van der Waals surface area contributed by atoms with Crippen LogP contribution >= 0.6 is 0 Å². The molecule has 4 rings (SSSR count). The van der Waals surface area contributed by atoms with E-state index in [9.17, 15) is 14.4 Å². The van der Waals surface area contributed by atoms with Crippen LogP contribution in [0.2, 0.25) is 0 Å². The van der Waals surface area contributed by atoms with Crippen molar-refractivity contribution in [1.82, 2.24) is 25.2 Å². The number of nitrogens with one attached hydrogen (secondary N) is 1. The second-order valence-electron chi connectivity index (χ2n) is 7.54. The van der Waals surface area contributed by atoms with Gasteiger partial charge in [-0.1, -0.05) is 35.5 Å². The van der Waals surface area contributed by atoms with Gasteiger partial charge in [0.25, 0.3) is 0 Å². The number of aromatic nitrogens is 4. The number of carbonyl (C=O) groups is 1. The van der Waals surface area contributed by atoms with Gasteiger partial charge in [0.05, 0.1) is 11.4 Å². The van der Waals surface area contributed by atoms with Gasteiger partial charge in [0.15, 0.2) is 0 Å². The Morgan fingerprint density at radius 3 is 2.65 bits per heavy atom. The molecule has 4 aromatic rings. The molecule has 9 nitrogen and oxygen atoms in total. The van der Waals surface area contributed by atoms with Gasteiger partial charge in [0, 0.05) is 24.9 Å². The van der Waals surface area contributed by atoms with Crippen LogP contribution in [0.25, 0.3) is 17.1 Å². The molecule has 2 heterocycles. The number of rotatable bonds is 9. The molecule has 10 heteroatoms. The van der Waals surface area contributed by atoms with Crippen LogP contribution in [-0.4, -0.2) is 32.4 Å². The maximum absolute atomic E-state index is 13.2. The fourth-order valence-corrected chi connectivity index (χ4v) is 3.41. The first kappa shape index (κ1) is 22.7. The van der Waals surface area contributed by atoms with Gasteiger partial charge in [-0.05, 0) is 37.1 Å². The molecule has 0 fully saturated rings. The van der Waals surface area contributed by atoms with E-state index in [-0.39, 0.29) is 29.5 Å². The Morgan fingerprint density at radius 2 is 1.91 bits per heavy atom. The zero-order valence-corrected chi connectivity index (χ0v) is 18.2. The molecule has 0 bridgehead atoms. The molecule has 0 spiro atoms. The lowest BCUT2D eigenvalue weighted by Gasteiger charge is -2.04. The van der Waals surface area contributed by atoms with Crippen molar-refractivity contribution in [3.05, 3.63) is 77.6 Å². The van der Waals surface area contributed by atoms with Gasteiger partial charge in [0.2, 0.25) is 17.6 Å². The Hall–Kier alpha value is -4.52. The van der Waals surface area contributed by atoms with Crippen molar-refractivity contribution in [2.45, 2.75) is 25.7 Å². The molecule has 1 amide bonds. The van der Waals surface area contributed by atoms with E-state index in [2.05, 4.69) is 26.6 Å². The van der Waals surface area contributed by atoms with E-state index >= 15 is 0 Å². The Balaban J connectivity index is 1.25. The standard InChI is InChI=1S/C24H22FN7O2/c25-17-8-10-18(11-9-17)32-23(27)19(15-26)20(30-32)7-4-14-28-21(33)12-13-22-29-24(31-34-22)16-5-2-1-3-6-16/h1-3,5-6,8-11H,4,7,12-14,27H2,(H,28,33). The summed E-state index contributed by atoms with van der Waals surface area (Å²) in [5.41, 5.74) is 8.28. The van der Waals surface area contributed by atoms with Crippen molar-refractivity contribution in [2.24, 2.45) is 0 Å². The van der Waals surface area contributed by atoms with Gasteiger partial charge in [-0.25, -0.2) is 9.07 Å². The minimum atomic E-state index is -0.373. The first-order valence-corrected chi connectivity index (χ1v) is 10.7. The summed E-state index contributed by atoms with van der Waals surface area (Å²) in [4.78, 5) is 16.5. The Labute approximate surface area is 195 Å². The lowest BCUT2D eigenvalue weighted by Crippen LogP contribution is -2.25. The number of carbonyl (C=O) groups excluding carboxylic acids is 1. The highest BCUT2D eigenvalue weighted by Gasteiger charge is 2.16. The summed E-state index contributed by atoms with van der Waals surface area (Å²) in [6.07, 6.45) is 1.57. The van der Waals surface area contributed by atoms with E-state index < -0.39 is 0 Å². The lowest BCUT2D eigenvalue weighted by atomic mass is 10.1. The molecular formula is C24H22FN7O2. The van der Waals surface area contributed by atoms with Gasteiger partial charge in [-0.15, -0.1) is 0 Å². The molecule has 0 aliphatic carbocycles. The number of nitrogen functional groups attached to an aromatic ring is 1. The third kappa shape index (κ3) is 5.27. The highest BCUT2D eigenvalue weighted by molar-refractivity contribution is 5.76. The van der Waals surface area contributed by atoms with Gasteiger partial charge in [-0.3, -0.25) is 4.79 Å². The fourth-order valence-electron chi connectivity index (χ4n) is 3.41. The molecule has 0 aliphatic heterocycles. The molecule has 0 aliphatic rings. The number of hydrogen-bond donors (Lipinski definition) is 2. The molecule has 0 radical (unpaired) electrons. The van der Waals surface area contributed by atoms with E-state index in [4.69, 9.17) is 10.3 Å². The van der Waals surface area contributed by atoms with Crippen molar-refractivity contribution in [2.75, 3.05) is 12.3 Å². The number of aryl methyl sites for hydroxylation is 2. The van der Waals surface area contributed by atoms with Gasteiger partial charge in [0.1, 0.15) is 23.3 Å². The minimum absolute atomic E-state index is 0.142. The molecule has 34 heavy (non-hydrogen) atoms. The van der Waals surface area contributed by atoms with E-state index in [1.807, 2.05) is 30.3 Å². The Bertz CT molecular complexity index is 1310. The summed E-state index contributed by atoms with van der Waals surface area (Å²) in [5.74, 6) is 0.568. The smallest absolute Gasteiger partial charge is 0.227 e. The summed E-state index contributed by atoms with van der Waals surface area (Å²) in [6.45, 7) is 0.409. The van der Waals surface area contributed by atoms with Crippen LogP contribution in [-0.2, 0) is 17.6 Å². The second kappa shape index (κ2) is 10.4. The Kier molecular flexibility index (Phi) is 6.93. The number of hydrogen-bond acceptors (Lipinski definition) is 7. The lowest BCUT2D eigenvalue weighted by molar-refractivity contribution is -0.121. The molecule has 172 valence electrons. The van der Waals surface area contributed by atoms with Gasteiger partial charge in [-0.2, -0.15) is 15.3 Å². The SMILES string of the molecule is N#Cc1c(CCCNC(=O)CCc2nc(-c3ccccc3)no2)nn(-c2ccc(F)cc2)c1N. The van der Waals surface area contributed by atoms with Gasteiger partial charge >= 0.3 is 0 Å². The number of anilines is 1. The van der Waals surface area contributed by atoms with E-state index in [1.54, 1.807) is 0 Å². The molecule has 2 aromatic carbocycles. The summed E-state index contributed by atoms with van der Waals surface area (Å²) < 4.78 is 19.8. The average molecular weight is 459 g/mol. The van der Waals surface area contributed by atoms with Crippen molar-refractivity contribution in [1.29, 1.82) is 5.26 Å². The molecule has 2 aromatic heterocycles. The van der Waals surface area contributed by atoms with Crippen LogP contribution in [0.1, 0.15) is 30.0 Å². The summed E-state index contributed by atoms with van der Waals surface area (Å²) in [6, 6.07) is 17.2. The van der Waals surface area contributed by atoms with E-state index in [0.717, 1.165) is 5.56 Å². The summed E-state index contributed by atoms with van der Waals surface area (Å²) in [7, 11) is 0. The monoisotopic (exact) mass is 459 g/mol. The molecule has 0 unspecified atom stereocenters. The highest BCUT2D eigenvalue weighted by Crippen LogP contribution is 2.22. The van der Waals surface area contributed by atoms with Crippen LogP contribution in [0, 0.1) is 17.1 Å². The average Bonchev–Trinajstić information content (AvgIpc) is 3.46. The fraction of sp³-hybridized carbons (Fsp3) is 0.208. The van der Waals surface area contributed by atoms with E-state index in [1.165, 1.54) is 28.9 Å². The number of benzene rings is 2. The van der Waals surface area contributed by atoms with Crippen LogP contribution < -0.4 is 11.1 Å². The van der Waals surface area contributed by atoms with Crippen molar-refractivity contribution < 1.29 is 13.7 Å². The minimum Gasteiger partial charge on any atom is -0.382 e. The van der Waals surface area contributed by atoms with Crippen molar-refractivity contribution in [3.8, 4) is 23.1 Å². The number of halogens is 1. The second-order valence-corrected chi connectivity index (χ2v) is 7.54. The Morgan fingerprint density at radius 1 is 1.15 bits per heavy atom. The van der Waals surface area contributed by atoms with Crippen molar-refractivity contribution >= 4 is 11.7 Å². The summed E-state index contributed by atoms with van der Waals surface area (Å²) in [5, 5.41) is 20.7. The third-order valence-electron chi connectivity index (χ3n) is 5.16. The third-order valence-corrected chi connectivity index (χ3v) is 5.16. The largest absolute Gasteiger partial charge is 0.382 e. The quantitative estimate of drug-likeness (QED) is 0.367.